The highest BCUT2D eigenvalue weighted by Gasteiger charge is 2.24. The first-order chi connectivity index (χ1) is 11.7. The van der Waals surface area contributed by atoms with E-state index in [1.54, 1.807) is 26.0 Å². The molecule has 0 bridgehead atoms. The largest absolute Gasteiger partial charge is 0.488 e. The van der Waals surface area contributed by atoms with Crippen molar-refractivity contribution in [3.63, 3.8) is 0 Å². The van der Waals surface area contributed by atoms with E-state index in [2.05, 4.69) is 0 Å². The Bertz CT molecular complexity index is 694. The molecule has 0 spiro atoms. The smallest absolute Gasteiger partial charge is 0.342 e. The number of benzene rings is 2. The van der Waals surface area contributed by atoms with Crippen LogP contribution in [0.1, 0.15) is 40.1 Å². The van der Waals surface area contributed by atoms with Crippen LogP contribution in [0, 0.1) is 0 Å². The molecule has 0 aliphatic rings. The van der Waals surface area contributed by atoms with Gasteiger partial charge >= 0.3 is 11.9 Å². The van der Waals surface area contributed by atoms with Crippen molar-refractivity contribution in [1.29, 1.82) is 0 Å². The van der Waals surface area contributed by atoms with E-state index >= 15 is 0 Å². The molecule has 2 aromatic carbocycles. The molecule has 2 rings (SSSR count). The van der Waals surface area contributed by atoms with Gasteiger partial charge in [-0.15, -0.1) is 0 Å². The predicted octanol–water partition coefficient (Wildman–Crippen LogP) is 3.62. The highest BCUT2D eigenvalue weighted by atomic mass is 16.5. The van der Waals surface area contributed by atoms with Crippen LogP contribution in [0.5, 0.6) is 5.75 Å². The number of esters is 2. The summed E-state index contributed by atoms with van der Waals surface area (Å²) in [5, 5.41) is 0. The van der Waals surface area contributed by atoms with Crippen LogP contribution in [0.2, 0.25) is 0 Å². The zero-order valence-electron chi connectivity index (χ0n) is 13.8. The zero-order valence-corrected chi connectivity index (χ0v) is 13.8. The van der Waals surface area contributed by atoms with E-state index in [0.29, 0.717) is 5.75 Å². The first-order valence-corrected chi connectivity index (χ1v) is 7.81. The Balaban J connectivity index is 2.33. The maximum Gasteiger partial charge on any atom is 0.342 e. The lowest BCUT2D eigenvalue weighted by molar-refractivity contribution is 0.0474. The Kier molecular flexibility index (Phi) is 6.37. The van der Waals surface area contributed by atoms with E-state index < -0.39 is 11.9 Å². The van der Waals surface area contributed by atoms with Gasteiger partial charge in [-0.3, -0.25) is 0 Å². The molecule has 0 saturated carbocycles. The first-order valence-electron chi connectivity index (χ1n) is 7.81. The lowest BCUT2D eigenvalue weighted by atomic mass is 10.1. The van der Waals surface area contributed by atoms with Gasteiger partial charge in [0.15, 0.2) is 0 Å². The second kappa shape index (κ2) is 8.72. The third-order valence-corrected chi connectivity index (χ3v) is 3.24. The highest BCUT2D eigenvalue weighted by molar-refractivity contribution is 6.05. The standard InChI is InChI=1S/C19H20O5/c1-3-22-18(20)15-11-8-12-16(17(15)19(21)23-4-2)24-13-14-9-6-5-7-10-14/h5-12H,3-4,13H2,1-2H3. The Hall–Kier alpha value is -2.82. The fourth-order valence-electron chi connectivity index (χ4n) is 2.18. The number of ether oxygens (including phenoxy) is 3. The summed E-state index contributed by atoms with van der Waals surface area (Å²) in [6.07, 6.45) is 0. The predicted molar refractivity (Wildman–Crippen MR) is 89.1 cm³/mol. The molecule has 0 amide bonds. The lowest BCUT2D eigenvalue weighted by Gasteiger charge is -2.14. The molecule has 0 saturated heterocycles. The summed E-state index contributed by atoms with van der Waals surface area (Å²) in [5.74, 6) is -0.891. The summed E-state index contributed by atoms with van der Waals surface area (Å²) >= 11 is 0. The molecule has 0 aliphatic carbocycles. The molecule has 0 aliphatic heterocycles. The van der Waals surface area contributed by atoms with Crippen molar-refractivity contribution in [2.75, 3.05) is 13.2 Å². The second-order valence-corrected chi connectivity index (χ2v) is 4.89. The van der Waals surface area contributed by atoms with Crippen LogP contribution in [-0.2, 0) is 16.1 Å². The summed E-state index contributed by atoms with van der Waals surface area (Å²) in [5.41, 5.74) is 1.18. The van der Waals surface area contributed by atoms with Crippen molar-refractivity contribution < 1.29 is 23.8 Å². The van der Waals surface area contributed by atoms with E-state index in [9.17, 15) is 9.59 Å². The van der Waals surface area contributed by atoms with E-state index in [0.717, 1.165) is 5.56 Å². The van der Waals surface area contributed by atoms with Crippen LogP contribution in [0.25, 0.3) is 0 Å². The molecule has 126 valence electrons. The van der Waals surface area contributed by atoms with Gasteiger partial charge in [-0.05, 0) is 31.5 Å². The van der Waals surface area contributed by atoms with Crippen molar-refractivity contribution >= 4 is 11.9 Å². The monoisotopic (exact) mass is 328 g/mol. The van der Waals surface area contributed by atoms with Crippen molar-refractivity contribution in [1.82, 2.24) is 0 Å². The molecule has 24 heavy (non-hydrogen) atoms. The van der Waals surface area contributed by atoms with Crippen molar-refractivity contribution in [3.05, 3.63) is 65.2 Å². The zero-order chi connectivity index (χ0) is 17.4. The average Bonchev–Trinajstić information content (AvgIpc) is 2.61. The Morgan fingerprint density at radius 3 is 2.17 bits per heavy atom. The molecule has 0 atom stereocenters. The van der Waals surface area contributed by atoms with Crippen LogP contribution in [0.15, 0.2) is 48.5 Å². The van der Waals surface area contributed by atoms with Gasteiger partial charge in [0.25, 0.3) is 0 Å². The van der Waals surface area contributed by atoms with Crippen LogP contribution in [-0.4, -0.2) is 25.2 Å². The number of hydrogen-bond acceptors (Lipinski definition) is 5. The summed E-state index contributed by atoms with van der Waals surface area (Å²) < 4.78 is 15.8. The molecule has 0 aromatic heterocycles. The van der Waals surface area contributed by atoms with Crippen molar-refractivity contribution in [2.24, 2.45) is 0 Å². The number of carbonyl (C=O) groups is 2. The van der Waals surface area contributed by atoms with Gasteiger partial charge in [-0.25, -0.2) is 9.59 Å². The van der Waals surface area contributed by atoms with Gasteiger partial charge in [-0.2, -0.15) is 0 Å². The van der Waals surface area contributed by atoms with Gasteiger partial charge in [0, 0.05) is 0 Å². The third kappa shape index (κ3) is 4.35. The normalized spacial score (nSPS) is 10.1. The lowest BCUT2D eigenvalue weighted by Crippen LogP contribution is -2.16. The van der Waals surface area contributed by atoms with Crippen LogP contribution >= 0.6 is 0 Å². The fourth-order valence-corrected chi connectivity index (χ4v) is 2.18. The molecule has 0 radical (unpaired) electrons. The van der Waals surface area contributed by atoms with Gasteiger partial charge in [-0.1, -0.05) is 36.4 Å². The van der Waals surface area contributed by atoms with Gasteiger partial charge in [0.1, 0.15) is 17.9 Å². The molecule has 0 fully saturated rings. The van der Waals surface area contributed by atoms with Crippen LogP contribution in [0.4, 0.5) is 0 Å². The summed E-state index contributed by atoms with van der Waals surface area (Å²) in [4.78, 5) is 24.4. The molecule has 0 heterocycles. The fraction of sp³-hybridized carbons (Fsp3) is 0.263. The van der Waals surface area contributed by atoms with E-state index in [1.165, 1.54) is 6.07 Å². The quantitative estimate of drug-likeness (QED) is 0.727. The highest BCUT2D eigenvalue weighted by Crippen LogP contribution is 2.25. The minimum Gasteiger partial charge on any atom is -0.488 e. The number of hydrogen-bond donors (Lipinski definition) is 0. The van der Waals surface area contributed by atoms with Gasteiger partial charge in [0.05, 0.1) is 18.8 Å². The molecule has 5 nitrogen and oxygen atoms in total. The molecular formula is C19H20O5. The van der Waals surface area contributed by atoms with Crippen molar-refractivity contribution in [3.8, 4) is 5.75 Å². The maximum absolute atomic E-state index is 12.3. The SMILES string of the molecule is CCOC(=O)c1cccc(OCc2ccccc2)c1C(=O)OCC. The van der Waals surface area contributed by atoms with Crippen LogP contribution in [0.3, 0.4) is 0 Å². The van der Waals surface area contributed by atoms with Crippen molar-refractivity contribution in [2.45, 2.75) is 20.5 Å². The van der Waals surface area contributed by atoms with Gasteiger partial charge in [0.2, 0.25) is 0 Å². The van der Waals surface area contributed by atoms with E-state index in [1.807, 2.05) is 30.3 Å². The number of carbonyl (C=O) groups excluding carboxylic acids is 2. The van der Waals surface area contributed by atoms with Crippen LogP contribution < -0.4 is 4.74 Å². The Morgan fingerprint density at radius 1 is 0.833 bits per heavy atom. The molecule has 0 unspecified atom stereocenters. The first kappa shape index (κ1) is 17.5. The Morgan fingerprint density at radius 2 is 1.50 bits per heavy atom. The molecular weight excluding hydrogens is 308 g/mol. The van der Waals surface area contributed by atoms with E-state index in [4.69, 9.17) is 14.2 Å². The molecule has 0 N–H and O–H groups in total. The minimum atomic E-state index is -0.607. The second-order valence-electron chi connectivity index (χ2n) is 4.89. The van der Waals surface area contributed by atoms with E-state index in [-0.39, 0.29) is 30.9 Å². The maximum atomic E-state index is 12.3. The number of rotatable bonds is 7. The topological polar surface area (TPSA) is 61.8 Å². The Labute approximate surface area is 141 Å². The average molecular weight is 328 g/mol. The summed E-state index contributed by atoms with van der Waals surface area (Å²) in [7, 11) is 0. The summed E-state index contributed by atoms with van der Waals surface area (Å²) in [6.45, 7) is 4.11. The third-order valence-electron chi connectivity index (χ3n) is 3.24. The molecule has 2 aromatic rings. The minimum absolute atomic E-state index is 0.0914. The van der Waals surface area contributed by atoms with Gasteiger partial charge < -0.3 is 14.2 Å². The summed E-state index contributed by atoms with van der Waals surface area (Å²) in [6, 6.07) is 14.4. The molecule has 5 heteroatoms.